The van der Waals surface area contributed by atoms with Gasteiger partial charge in [0.1, 0.15) is 6.04 Å². The van der Waals surface area contributed by atoms with Crippen LogP contribution in [0.15, 0.2) is 42.5 Å². The lowest BCUT2D eigenvalue weighted by Crippen LogP contribution is -2.54. The Balaban J connectivity index is 1.22. The van der Waals surface area contributed by atoms with Crippen molar-refractivity contribution in [1.29, 1.82) is 0 Å². The van der Waals surface area contributed by atoms with Crippen LogP contribution in [0.5, 0.6) is 0 Å². The van der Waals surface area contributed by atoms with Crippen LogP contribution in [0, 0.1) is 0 Å². The van der Waals surface area contributed by atoms with Crippen molar-refractivity contribution < 1.29 is 24.3 Å². The predicted molar refractivity (Wildman–Crippen MR) is 137 cm³/mol. The number of hydrogen-bond donors (Lipinski definition) is 3. The molecule has 0 radical (unpaired) electrons. The quantitative estimate of drug-likeness (QED) is 0.496. The fourth-order valence-corrected chi connectivity index (χ4v) is 5.36. The fraction of sp³-hybridized carbons (Fsp3) is 0.429. The lowest BCUT2D eigenvalue weighted by molar-refractivity contribution is -0.136. The number of benzene rings is 2. The molecule has 194 valence electrons. The summed E-state index contributed by atoms with van der Waals surface area (Å²) >= 11 is 0. The molecule has 1 unspecified atom stereocenters. The second kappa shape index (κ2) is 10.1. The summed E-state index contributed by atoms with van der Waals surface area (Å²) in [5, 5.41) is 15.9. The Morgan fingerprint density at radius 3 is 2.38 bits per heavy atom. The molecular weight excluding hydrogens is 472 g/mol. The zero-order valence-corrected chi connectivity index (χ0v) is 21.0. The number of carbonyl (C=O) groups is 4. The van der Waals surface area contributed by atoms with Crippen LogP contribution in [0.25, 0.3) is 0 Å². The summed E-state index contributed by atoms with van der Waals surface area (Å²) in [5.41, 5.74) is 2.75. The fourth-order valence-electron chi connectivity index (χ4n) is 5.36. The predicted octanol–water partition coefficient (Wildman–Crippen LogP) is 2.44. The van der Waals surface area contributed by atoms with Crippen LogP contribution in [-0.4, -0.2) is 63.3 Å². The van der Waals surface area contributed by atoms with Crippen LogP contribution < -0.4 is 10.6 Å². The first-order valence-electron chi connectivity index (χ1n) is 12.9. The zero-order chi connectivity index (χ0) is 26.2. The van der Waals surface area contributed by atoms with E-state index < -0.39 is 35.3 Å². The molecule has 37 heavy (non-hydrogen) atoms. The van der Waals surface area contributed by atoms with Crippen molar-refractivity contribution >= 4 is 29.3 Å². The van der Waals surface area contributed by atoms with Crippen molar-refractivity contribution in [2.24, 2.45) is 0 Å². The zero-order valence-electron chi connectivity index (χ0n) is 21.0. The van der Waals surface area contributed by atoms with Gasteiger partial charge >= 0.3 is 0 Å². The maximum absolute atomic E-state index is 13.2. The number of nitrogens with zero attached hydrogens (tertiary/aromatic N) is 2. The Bertz CT molecular complexity index is 1230. The highest BCUT2D eigenvalue weighted by atomic mass is 16.3. The first kappa shape index (κ1) is 25.1. The van der Waals surface area contributed by atoms with Crippen LogP contribution in [0.4, 0.5) is 5.69 Å². The average Bonchev–Trinajstić information content (AvgIpc) is 3.15. The molecule has 2 aromatic rings. The minimum Gasteiger partial charge on any atom is -0.390 e. The maximum atomic E-state index is 13.2. The Morgan fingerprint density at radius 2 is 1.70 bits per heavy atom. The molecule has 1 atom stereocenters. The van der Waals surface area contributed by atoms with Gasteiger partial charge in [-0.15, -0.1) is 0 Å². The summed E-state index contributed by atoms with van der Waals surface area (Å²) in [6.45, 7) is 5.11. The van der Waals surface area contributed by atoms with Crippen molar-refractivity contribution in [3.05, 3.63) is 64.7 Å². The molecule has 3 heterocycles. The van der Waals surface area contributed by atoms with Gasteiger partial charge in [-0.05, 0) is 48.9 Å². The highest BCUT2D eigenvalue weighted by molar-refractivity contribution is 6.25. The lowest BCUT2D eigenvalue weighted by Gasteiger charge is -2.37. The second-order valence-corrected chi connectivity index (χ2v) is 10.2. The standard InChI is InChI=1S/C28H32N4O5/c1-2-28(37)12-14-31(15-13-28)17-19-8-6-18(7-9-19)16-29-21-5-3-4-20-24(21)27(36)32(26(20)35)22-10-11-23(33)30-25(22)34/h3-9,22,29,37H,2,10-17H2,1H3,(H,30,33,34). The highest BCUT2D eigenvalue weighted by Gasteiger charge is 2.45. The van der Waals surface area contributed by atoms with Gasteiger partial charge in [0.2, 0.25) is 11.8 Å². The number of aliphatic hydroxyl groups is 1. The molecule has 2 aromatic carbocycles. The third-order valence-electron chi connectivity index (χ3n) is 7.83. The first-order valence-corrected chi connectivity index (χ1v) is 12.9. The summed E-state index contributed by atoms with van der Waals surface area (Å²) in [4.78, 5) is 53.4. The molecule has 4 amide bonds. The van der Waals surface area contributed by atoms with E-state index in [9.17, 15) is 24.3 Å². The molecule has 5 rings (SSSR count). The van der Waals surface area contributed by atoms with Crippen molar-refractivity contribution in [3.63, 3.8) is 0 Å². The summed E-state index contributed by atoms with van der Waals surface area (Å²) in [6, 6.07) is 12.3. The van der Waals surface area contributed by atoms with Gasteiger partial charge in [0, 0.05) is 38.3 Å². The van der Waals surface area contributed by atoms with Crippen LogP contribution in [0.2, 0.25) is 0 Å². The van der Waals surface area contributed by atoms with Gasteiger partial charge in [-0.25, -0.2) is 0 Å². The summed E-state index contributed by atoms with van der Waals surface area (Å²) < 4.78 is 0. The van der Waals surface area contributed by atoms with Gasteiger partial charge < -0.3 is 10.4 Å². The SMILES string of the molecule is CCC1(O)CCN(Cc2ccc(CNc3cccc4c3C(=O)N(C3CCC(=O)NC3=O)C4=O)cc2)CC1. The van der Waals surface area contributed by atoms with E-state index in [1.807, 2.05) is 19.1 Å². The number of imide groups is 2. The number of fused-ring (bicyclic) bond motifs is 1. The van der Waals surface area contributed by atoms with Gasteiger partial charge in [0.25, 0.3) is 11.8 Å². The molecule has 0 saturated carbocycles. The monoisotopic (exact) mass is 504 g/mol. The molecular formula is C28H32N4O5. The molecule has 2 fully saturated rings. The molecule has 0 aromatic heterocycles. The molecule has 3 aliphatic heterocycles. The number of carbonyl (C=O) groups excluding carboxylic acids is 4. The van der Waals surface area contributed by atoms with Crippen LogP contribution in [0.3, 0.4) is 0 Å². The van der Waals surface area contributed by atoms with E-state index in [2.05, 4.69) is 27.7 Å². The molecule has 3 aliphatic rings. The summed E-state index contributed by atoms with van der Waals surface area (Å²) in [6.07, 6.45) is 2.61. The Morgan fingerprint density at radius 1 is 1.00 bits per heavy atom. The van der Waals surface area contributed by atoms with Crippen LogP contribution in [0.1, 0.15) is 70.9 Å². The average molecular weight is 505 g/mol. The topological polar surface area (TPSA) is 119 Å². The van der Waals surface area contributed by atoms with Crippen molar-refractivity contribution in [2.45, 2.75) is 63.8 Å². The van der Waals surface area contributed by atoms with E-state index in [0.29, 0.717) is 12.2 Å². The van der Waals surface area contributed by atoms with Gasteiger partial charge in [0.15, 0.2) is 0 Å². The van der Waals surface area contributed by atoms with E-state index in [4.69, 9.17) is 0 Å². The molecule has 9 heteroatoms. The van der Waals surface area contributed by atoms with E-state index in [1.165, 1.54) is 5.56 Å². The number of hydrogen-bond acceptors (Lipinski definition) is 7. The molecule has 0 bridgehead atoms. The maximum Gasteiger partial charge on any atom is 0.264 e. The molecule has 3 N–H and O–H groups in total. The summed E-state index contributed by atoms with van der Waals surface area (Å²) in [7, 11) is 0. The Hall–Kier alpha value is -3.56. The van der Waals surface area contributed by atoms with Crippen LogP contribution >= 0.6 is 0 Å². The highest BCUT2D eigenvalue weighted by Crippen LogP contribution is 2.32. The van der Waals surface area contributed by atoms with E-state index in [1.54, 1.807) is 18.2 Å². The molecule has 0 spiro atoms. The van der Waals surface area contributed by atoms with Crippen molar-refractivity contribution in [3.8, 4) is 0 Å². The first-order chi connectivity index (χ1) is 17.8. The third-order valence-corrected chi connectivity index (χ3v) is 7.83. The Labute approximate surface area is 215 Å². The lowest BCUT2D eigenvalue weighted by atomic mass is 9.89. The number of likely N-dealkylation sites (tertiary alicyclic amines) is 1. The minimum absolute atomic E-state index is 0.0869. The normalized spacial score (nSPS) is 21.7. The molecule has 2 saturated heterocycles. The number of nitrogens with one attached hydrogen (secondary N) is 2. The number of rotatable bonds is 7. The minimum atomic E-state index is -0.985. The van der Waals surface area contributed by atoms with E-state index >= 15 is 0 Å². The van der Waals surface area contributed by atoms with Gasteiger partial charge in [-0.2, -0.15) is 0 Å². The van der Waals surface area contributed by atoms with Gasteiger partial charge in [-0.1, -0.05) is 37.3 Å². The molecule has 0 aliphatic carbocycles. The molecule has 9 nitrogen and oxygen atoms in total. The number of piperidine rings is 2. The Kier molecular flexibility index (Phi) is 6.83. The number of amides is 4. The van der Waals surface area contributed by atoms with E-state index in [-0.39, 0.29) is 24.0 Å². The number of anilines is 1. The second-order valence-electron chi connectivity index (χ2n) is 10.2. The van der Waals surface area contributed by atoms with E-state index in [0.717, 1.165) is 49.4 Å². The van der Waals surface area contributed by atoms with Gasteiger partial charge in [0.05, 0.1) is 16.7 Å². The summed E-state index contributed by atoms with van der Waals surface area (Å²) in [5.74, 6) is -2.06. The van der Waals surface area contributed by atoms with Crippen molar-refractivity contribution in [1.82, 2.24) is 15.1 Å². The smallest absolute Gasteiger partial charge is 0.264 e. The van der Waals surface area contributed by atoms with Crippen LogP contribution in [-0.2, 0) is 22.7 Å². The van der Waals surface area contributed by atoms with Crippen molar-refractivity contribution in [2.75, 3.05) is 18.4 Å². The third kappa shape index (κ3) is 5.01. The largest absolute Gasteiger partial charge is 0.390 e. The van der Waals surface area contributed by atoms with Gasteiger partial charge in [-0.3, -0.25) is 34.3 Å².